The number of aromatic amines is 1. The number of nitrogens with zero attached hydrogens (tertiary/aromatic N) is 1. The minimum Gasteiger partial charge on any atom is -0.399 e. The van der Waals surface area contributed by atoms with Crippen LogP contribution in [-0.4, -0.2) is 9.97 Å². The molecule has 0 atom stereocenters. The van der Waals surface area contributed by atoms with Gasteiger partial charge in [-0.2, -0.15) is 0 Å². The zero-order valence-electron chi connectivity index (χ0n) is 12.7. The molecule has 0 amide bonds. The lowest BCUT2D eigenvalue weighted by molar-refractivity contribution is 0.443. The van der Waals surface area contributed by atoms with Crippen molar-refractivity contribution in [2.24, 2.45) is 0 Å². The quantitative estimate of drug-likeness (QED) is 0.662. The molecule has 1 heterocycles. The minimum atomic E-state index is 0.748. The number of hydrogen-bond donors (Lipinski definition) is 2. The maximum atomic E-state index is 5.82. The van der Waals surface area contributed by atoms with E-state index in [1.165, 1.54) is 37.7 Å². The first-order chi connectivity index (χ1) is 10.8. The fourth-order valence-corrected chi connectivity index (χ4v) is 3.51. The topological polar surface area (TPSA) is 54.7 Å². The highest BCUT2D eigenvalue weighted by Gasteiger charge is 2.15. The number of rotatable bonds is 2. The predicted molar refractivity (Wildman–Crippen MR) is 91.8 cm³/mol. The zero-order chi connectivity index (χ0) is 14.9. The number of hydrogen-bond acceptors (Lipinski definition) is 2. The Morgan fingerprint density at radius 2 is 1.73 bits per heavy atom. The Morgan fingerprint density at radius 1 is 0.955 bits per heavy atom. The van der Waals surface area contributed by atoms with Crippen LogP contribution in [-0.2, 0) is 0 Å². The van der Waals surface area contributed by atoms with Gasteiger partial charge in [0.15, 0.2) is 0 Å². The maximum absolute atomic E-state index is 5.82. The van der Waals surface area contributed by atoms with Crippen molar-refractivity contribution in [2.45, 2.75) is 38.0 Å². The Hall–Kier alpha value is -2.29. The van der Waals surface area contributed by atoms with Gasteiger partial charge in [-0.3, -0.25) is 0 Å². The number of benzene rings is 2. The molecule has 0 bridgehead atoms. The molecular formula is C19H21N3. The summed E-state index contributed by atoms with van der Waals surface area (Å²) in [5.41, 5.74) is 11.1. The van der Waals surface area contributed by atoms with E-state index < -0.39 is 0 Å². The van der Waals surface area contributed by atoms with Crippen LogP contribution in [0.5, 0.6) is 0 Å². The molecule has 0 unspecified atom stereocenters. The number of nitrogen functional groups attached to an aromatic ring is 1. The molecule has 1 fully saturated rings. The van der Waals surface area contributed by atoms with Gasteiger partial charge in [-0.25, -0.2) is 4.98 Å². The standard InChI is InChI=1S/C19H21N3/c20-16-10-11-17-18(12-16)22-19(21-17)15-8-6-14(7-9-15)13-4-2-1-3-5-13/h6-13H,1-5,20H2,(H,21,22). The summed E-state index contributed by atoms with van der Waals surface area (Å²) in [5, 5.41) is 0. The molecule has 22 heavy (non-hydrogen) atoms. The molecule has 0 radical (unpaired) electrons. The van der Waals surface area contributed by atoms with Crippen LogP contribution in [0.1, 0.15) is 43.6 Å². The van der Waals surface area contributed by atoms with Gasteiger partial charge in [-0.15, -0.1) is 0 Å². The lowest BCUT2D eigenvalue weighted by Gasteiger charge is -2.21. The van der Waals surface area contributed by atoms with Gasteiger partial charge in [-0.1, -0.05) is 43.5 Å². The van der Waals surface area contributed by atoms with E-state index in [0.29, 0.717) is 0 Å². The highest BCUT2D eigenvalue weighted by atomic mass is 14.9. The first kappa shape index (κ1) is 13.4. The second-order valence-electron chi connectivity index (χ2n) is 6.32. The van der Waals surface area contributed by atoms with Crippen LogP contribution in [0.2, 0.25) is 0 Å². The summed E-state index contributed by atoms with van der Waals surface area (Å²) in [5.74, 6) is 1.66. The van der Waals surface area contributed by atoms with Gasteiger partial charge in [0, 0.05) is 11.3 Å². The molecule has 0 saturated heterocycles. The van der Waals surface area contributed by atoms with Gasteiger partial charge in [0.25, 0.3) is 0 Å². The molecule has 1 aliphatic carbocycles. The van der Waals surface area contributed by atoms with Gasteiger partial charge in [0.2, 0.25) is 0 Å². The first-order valence-electron chi connectivity index (χ1n) is 8.15. The molecule has 0 aliphatic heterocycles. The smallest absolute Gasteiger partial charge is 0.138 e. The van der Waals surface area contributed by atoms with E-state index in [0.717, 1.165) is 34.0 Å². The largest absolute Gasteiger partial charge is 0.399 e. The summed E-state index contributed by atoms with van der Waals surface area (Å²) >= 11 is 0. The van der Waals surface area contributed by atoms with Crippen LogP contribution in [0.3, 0.4) is 0 Å². The summed E-state index contributed by atoms with van der Waals surface area (Å²) in [7, 11) is 0. The third-order valence-electron chi connectivity index (χ3n) is 4.77. The van der Waals surface area contributed by atoms with Crippen LogP contribution >= 0.6 is 0 Å². The lowest BCUT2D eigenvalue weighted by atomic mass is 9.84. The number of H-pyrrole nitrogens is 1. The minimum absolute atomic E-state index is 0.748. The Bertz CT molecular complexity index is 780. The van der Waals surface area contributed by atoms with E-state index in [1.807, 2.05) is 18.2 Å². The first-order valence-corrected chi connectivity index (χ1v) is 8.15. The summed E-state index contributed by atoms with van der Waals surface area (Å²) < 4.78 is 0. The summed E-state index contributed by atoms with van der Waals surface area (Å²) in [6, 6.07) is 14.7. The van der Waals surface area contributed by atoms with Crippen molar-refractivity contribution in [3.63, 3.8) is 0 Å². The molecule has 4 rings (SSSR count). The predicted octanol–water partition coefficient (Wildman–Crippen LogP) is 4.86. The van der Waals surface area contributed by atoms with E-state index in [1.54, 1.807) is 0 Å². The van der Waals surface area contributed by atoms with Crippen LogP contribution in [0, 0.1) is 0 Å². The van der Waals surface area contributed by atoms with Crippen molar-refractivity contribution in [1.82, 2.24) is 9.97 Å². The van der Waals surface area contributed by atoms with E-state index in [2.05, 4.69) is 34.2 Å². The molecule has 0 spiro atoms. The Balaban J connectivity index is 1.63. The maximum Gasteiger partial charge on any atom is 0.138 e. The number of imidazole rings is 1. The Morgan fingerprint density at radius 3 is 2.50 bits per heavy atom. The van der Waals surface area contributed by atoms with Crippen LogP contribution < -0.4 is 5.73 Å². The van der Waals surface area contributed by atoms with Crippen molar-refractivity contribution < 1.29 is 0 Å². The number of fused-ring (bicyclic) bond motifs is 1. The molecule has 1 aliphatic rings. The molecule has 1 aromatic heterocycles. The average Bonchev–Trinajstić information content (AvgIpc) is 2.99. The fraction of sp³-hybridized carbons (Fsp3) is 0.316. The number of anilines is 1. The fourth-order valence-electron chi connectivity index (χ4n) is 3.51. The lowest BCUT2D eigenvalue weighted by Crippen LogP contribution is -2.04. The third-order valence-corrected chi connectivity index (χ3v) is 4.77. The van der Waals surface area contributed by atoms with Gasteiger partial charge < -0.3 is 10.7 Å². The van der Waals surface area contributed by atoms with Gasteiger partial charge >= 0.3 is 0 Å². The van der Waals surface area contributed by atoms with Crippen molar-refractivity contribution in [1.29, 1.82) is 0 Å². The van der Waals surface area contributed by atoms with Crippen molar-refractivity contribution in [3.8, 4) is 11.4 Å². The third kappa shape index (κ3) is 2.47. The summed E-state index contributed by atoms with van der Waals surface area (Å²) in [6.07, 6.45) is 6.82. The molecule has 2 aromatic carbocycles. The van der Waals surface area contributed by atoms with Gasteiger partial charge in [0.1, 0.15) is 5.82 Å². The monoisotopic (exact) mass is 291 g/mol. The Labute approximate surface area is 130 Å². The van der Waals surface area contributed by atoms with Crippen LogP contribution in [0.25, 0.3) is 22.4 Å². The molecule has 3 nitrogen and oxygen atoms in total. The van der Waals surface area contributed by atoms with Gasteiger partial charge in [-0.05, 0) is 42.5 Å². The SMILES string of the molecule is Nc1ccc2[nH]c(-c3ccc(C4CCCCC4)cc3)nc2c1. The van der Waals surface area contributed by atoms with E-state index >= 15 is 0 Å². The van der Waals surface area contributed by atoms with Crippen molar-refractivity contribution >= 4 is 16.7 Å². The Kier molecular flexibility index (Phi) is 3.34. The summed E-state index contributed by atoms with van der Waals surface area (Å²) in [4.78, 5) is 8.02. The second-order valence-corrected chi connectivity index (χ2v) is 6.32. The number of nitrogens with two attached hydrogens (primary N) is 1. The van der Waals surface area contributed by atoms with Gasteiger partial charge in [0.05, 0.1) is 11.0 Å². The van der Waals surface area contributed by atoms with E-state index in [-0.39, 0.29) is 0 Å². The van der Waals surface area contributed by atoms with Crippen molar-refractivity contribution in [3.05, 3.63) is 48.0 Å². The highest BCUT2D eigenvalue weighted by molar-refractivity contribution is 5.82. The second kappa shape index (κ2) is 5.48. The van der Waals surface area contributed by atoms with Crippen LogP contribution in [0.4, 0.5) is 5.69 Å². The number of aromatic nitrogens is 2. The summed E-state index contributed by atoms with van der Waals surface area (Å²) in [6.45, 7) is 0. The molecule has 112 valence electrons. The number of nitrogens with one attached hydrogen (secondary N) is 1. The molecular weight excluding hydrogens is 270 g/mol. The molecule has 3 N–H and O–H groups in total. The highest BCUT2D eigenvalue weighted by Crippen LogP contribution is 2.33. The molecule has 1 saturated carbocycles. The average molecular weight is 291 g/mol. The zero-order valence-corrected chi connectivity index (χ0v) is 12.7. The van der Waals surface area contributed by atoms with E-state index in [4.69, 9.17) is 5.73 Å². The van der Waals surface area contributed by atoms with Crippen molar-refractivity contribution in [2.75, 3.05) is 5.73 Å². The van der Waals surface area contributed by atoms with Crippen LogP contribution in [0.15, 0.2) is 42.5 Å². The molecule has 3 heteroatoms. The van der Waals surface area contributed by atoms with E-state index in [9.17, 15) is 0 Å². The normalized spacial score (nSPS) is 16.2. The molecule has 3 aromatic rings.